The molecule has 21 heavy (non-hydrogen) atoms. The van der Waals surface area contributed by atoms with Crippen molar-refractivity contribution in [1.82, 2.24) is 9.78 Å². The SMILES string of the molecule is CCCn1nc(C(=O)Nc2ccc(F)cc2Cl)ccc1=O. The molecule has 0 unspecified atom stereocenters. The number of nitrogens with zero attached hydrogens (tertiary/aromatic N) is 2. The molecule has 0 atom stereocenters. The third kappa shape index (κ3) is 3.66. The van der Waals surface area contributed by atoms with Gasteiger partial charge in [-0.1, -0.05) is 18.5 Å². The second-order valence-corrected chi connectivity index (χ2v) is 4.77. The van der Waals surface area contributed by atoms with Gasteiger partial charge in [0.1, 0.15) is 11.5 Å². The third-order valence-electron chi connectivity index (χ3n) is 2.71. The number of benzene rings is 1. The van der Waals surface area contributed by atoms with Gasteiger partial charge in [0.2, 0.25) is 0 Å². The molecule has 0 saturated heterocycles. The number of rotatable bonds is 4. The van der Waals surface area contributed by atoms with E-state index < -0.39 is 11.7 Å². The number of hydrogen-bond acceptors (Lipinski definition) is 3. The maximum absolute atomic E-state index is 12.9. The van der Waals surface area contributed by atoms with Crippen molar-refractivity contribution in [2.45, 2.75) is 19.9 Å². The lowest BCUT2D eigenvalue weighted by atomic mass is 10.3. The van der Waals surface area contributed by atoms with Gasteiger partial charge in [-0.05, 0) is 30.7 Å². The largest absolute Gasteiger partial charge is 0.319 e. The van der Waals surface area contributed by atoms with E-state index in [4.69, 9.17) is 11.6 Å². The van der Waals surface area contributed by atoms with Gasteiger partial charge in [0.15, 0.2) is 0 Å². The van der Waals surface area contributed by atoms with E-state index in [1.165, 1.54) is 28.9 Å². The molecule has 1 aromatic heterocycles. The van der Waals surface area contributed by atoms with Crippen LogP contribution in [0, 0.1) is 5.82 Å². The summed E-state index contributed by atoms with van der Waals surface area (Å²) in [7, 11) is 0. The van der Waals surface area contributed by atoms with Gasteiger partial charge in [0.05, 0.1) is 10.7 Å². The smallest absolute Gasteiger partial charge is 0.276 e. The van der Waals surface area contributed by atoms with Crippen LogP contribution in [0.3, 0.4) is 0 Å². The summed E-state index contributed by atoms with van der Waals surface area (Å²) in [6.07, 6.45) is 0.724. The van der Waals surface area contributed by atoms with Gasteiger partial charge in [-0.2, -0.15) is 5.10 Å². The van der Waals surface area contributed by atoms with Crippen LogP contribution < -0.4 is 10.9 Å². The van der Waals surface area contributed by atoms with Crippen molar-refractivity contribution in [2.75, 3.05) is 5.32 Å². The first kappa shape index (κ1) is 15.2. The number of halogens is 2. The Hall–Kier alpha value is -2.21. The molecule has 5 nitrogen and oxygen atoms in total. The predicted octanol–water partition coefficient (Wildman–Crippen LogP) is 2.70. The lowest BCUT2D eigenvalue weighted by Crippen LogP contribution is -2.26. The van der Waals surface area contributed by atoms with Gasteiger partial charge < -0.3 is 5.32 Å². The van der Waals surface area contributed by atoms with E-state index in [2.05, 4.69) is 10.4 Å². The average molecular weight is 310 g/mol. The van der Waals surface area contributed by atoms with Crippen LogP contribution >= 0.6 is 11.6 Å². The first-order valence-corrected chi connectivity index (χ1v) is 6.73. The number of carbonyl (C=O) groups is 1. The Labute approximate surface area is 125 Å². The van der Waals surface area contributed by atoms with Crippen molar-refractivity contribution in [3.63, 3.8) is 0 Å². The highest BCUT2D eigenvalue weighted by Gasteiger charge is 2.12. The Morgan fingerprint density at radius 3 is 2.81 bits per heavy atom. The zero-order valence-electron chi connectivity index (χ0n) is 11.3. The van der Waals surface area contributed by atoms with Crippen molar-refractivity contribution in [3.05, 3.63) is 57.2 Å². The van der Waals surface area contributed by atoms with Crippen molar-refractivity contribution < 1.29 is 9.18 Å². The highest BCUT2D eigenvalue weighted by molar-refractivity contribution is 6.33. The molecule has 2 aromatic rings. The number of aryl methyl sites for hydroxylation is 1. The lowest BCUT2D eigenvalue weighted by Gasteiger charge is -2.08. The van der Waals surface area contributed by atoms with Crippen LogP contribution in [0.2, 0.25) is 5.02 Å². The van der Waals surface area contributed by atoms with E-state index in [-0.39, 0.29) is 22.0 Å². The van der Waals surface area contributed by atoms with Crippen LogP contribution in [0.15, 0.2) is 35.1 Å². The fraction of sp³-hybridized carbons (Fsp3) is 0.214. The Morgan fingerprint density at radius 2 is 2.14 bits per heavy atom. The number of aromatic nitrogens is 2. The number of amides is 1. The van der Waals surface area contributed by atoms with Crippen LogP contribution in [0.1, 0.15) is 23.8 Å². The lowest BCUT2D eigenvalue weighted by molar-refractivity contribution is 0.101. The van der Waals surface area contributed by atoms with Crippen molar-refractivity contribution in [2.24, 2.45) is 0 Å². The molecule has 1 N–H and O–H groups in total. The quantitative estimate of drug-likeness (QED) is 0.944. The van der Waals surface area contributed by atoms with Crippen LogP contribution in [0.5, 0.6) is 0 Å². The number of carbonyl (C=O) groups excluding carboxylic acids is 1. The first-order valence-electron chi connectivity index (χ1n) is 6.36. The Bertz CT molecular complexity index is 730. The number of nitrogens with one attached hydrogen (secondary N) is 1. The van der Waals surface area contributed by atoms with Crippen LogP contribution in [0.25, 0.3) is 0 Å². The zero-order chi connectivity index (χ0) is 15.4. The summed E-state index contributed by atoms with van der Waals surface area (Å²) in [5.41, 5.74) is 0.0924. The maximum Gasteiger partial charge on any atom is 0.276 e. The van der Waals surface area contributed by atoms with Gasteiger partial charge in [0, 0.05) is 12.6 Å². The fourth-order valence-corrected chi connectivity index (χ4v) is 1.93. The molecule has 1 amide bonds. The van der Waals surface area contributed by atoms with E-state index in [1.54, 1.807) is 0 Å². The molecule has 1 heterocycles. The van der Waals surface area contributed by atoms with E-state index in [0.717, 1.165) is 12.5 Å². The van der Waals surface area contributed by atoms with Gasteiger partial charge in [-0.3, -0.25) is 9.59 Å². The molecule has 0 saturated carbocycles. The van der Waals surface area contributed by atoms with Gasteiger partial charge in [-0.15, -0.1) is 0 Å². The minimum atomic E-state index is -0.520. The average Bonchev–Trinajstić information content (AvgIpc) is 2.44. The molecule has 1 aromatic carbocycles. The van der Waals surface area contributed by atoms with E-state index in [9.17, 15) is 14.0 Å². The molecule has 0 radical (unpaired) electrons. The molecule has 0 aliphatic carbocycles. The van der Waals surface area contributed by atoms with Crippen LogP contribution in [-0.2, 0) is 6.54 Å². The van der Waals surface area contributed by atoms with E-state index in [0.29, 0.717) is 6.54 Å². The first-order chi connectivity index (χ1) is 10.0. The third-order valence-corrected chi connectivity index (χ3v) is 3.03. The van der Waals surface area contributed by atoms with Crippen LogP contribution in [0.4, 0.5) is 10.1 Å². The Kier molecular flexibility index (Phi) is 4.70. The van der Waals surface area contributed by atoms with Crippen molar-refractivity contribution in [3.8, 4) is 0 Å². The van der Waals surface area contributed by atoms with Crippen LogP contribution in [-0.4, -0.2) is 15.7 Å². The molecule has 0 fully saturated rings. The normalized spacial score (nSPS) is 10.4. The second-order valence-electron chi connectivity index (χ2n) is 4.36. The molecule has 110 valence electrons. The van der Waals surface area contributed by atoms with Gasteiger partial charge >= 0.3 is 0 Å². The predicted molar refractivity (Wildman–Crippen MR) is 78.2 cm³/mol. The molecule has 0 aliphatic heterocycles. The topological polar surface area (TPSA) is 64.0 Å². The Morgan fingerprint density at radius 1 is 1.38 bits per heavy atom. The summed E-state index contributed by atoms with van der Waals surface area (Å²) in [6.45, 7) is 2.33. The highest BCUT2D eigenvalue weighted by Crippen LogP contribution is 2.22. The molecular formula is C14H13ClFN3O2. The summed E-state index contributed by atoms with van der Waals surface area (Å²) < 4.78 is 14.2. The minimum absolute atomic E-state index is 0.0865. The zero-order valence-corrected chi connectivity index (χ0v) is 12.0. The van der Waals surface area contributed by atoms with Crippen molar-refractivity contribution >= 4 is 23.2 Å². The summed E-state index contributed by atoms with van der Waals surface area (Å²) in [5.74, 6) is -1.01. The fourth-order valence-electron chi connectivity index (χ4n) is 1.72. The molecule has 2 rings (SSSR count). The monoisotopic (exact) mass is 309 g/mol. The molecule has 0 bridgehead atoms. The van der Waals surface area contributed by atoms with E-state index >= 15 is 0 Å². The molecule has 0 spiro atoms. The summed E-state index contributed by atoms with van der Waals surface area (Å²) in [4.78, 5) is 23.6. The maximum atomic E-state index is 12.9. The van der Waals surface area contributed by atoms with Crippen molar-refractivity contribution in [1.29, 1.82) is 0 Å². The molecule has 7 heteroatoms. The summed E-state index contributed by atoms with van der Waals surface area (Å²) in [6, 6.07) is 6.26. The molecule has 0 aliphatic rings. The second kappa shape index (κ2) is 6.49. The summed E-state index contributed by atoms with van der Waals surface area (Å²) >= 11 is 5.84. The summed E-state index contributed by atoms with van der Waals surface area (Å²) in [5, 5.41) is 6.60. The van der Waals surface area contributed by atoms with Gasteiger partial charge in [0.25, 0.3) is 11.5 Å². The minimum Gasteiger partial charge on any atom is -0.319 e. The van der Waals surface area contributed by atoms with Gasteiger partial charge in [-0.25, -0.2) is 9.07 Å². The standard InChI is InChI=1S/C14H13ClFN3O2/c1-2-7-19-13(20)6-5-12(18-19)14(21)17-11-4-3-9(16)8-10(11)15/h3-6,8H,2,7H2,1H3,(H,17,21). The van der Waals surface area contributed by atoms with E-state index in [1.807, 2.05) is 6.92 Å². The number of anilines is 1. The molecular weight excluding hydrogens is 297 g/mol. The Balaban J connectivity index is 2.24. The highest BCUT2D eigenvalue weighted by atomic mass is 35.5. The number of hydrogen-bond donors (Lipinski definition) is 1.